The van der Waals surface area contributed by atoms with Crippen LogP contribution in [-0.4, -0.2) is 46.4 Å². The van der Waals surface area contributed by atoms with Crippen molar-refractivity contribution in [2.45, 2.75) is 58.4 Å². The van der Waals surface area contributed by atoms with Gasteiger partial charge in [0, 0.05) is 25.7 Å². The lowest BCUT2D eigenvalue weighted by atomic mass is 10.0. The first kappa shape index (κ1) is 20.0. The van der Waals surface area contributed by atoms with Gasteiger partial charge in [0.1, 0.15) is 0 Å². The van der Waals surface area contributed by atoms with Crippen molar-refractivity contribution in [1.29, 1.82) is 0 Å². The number of benzene rings is 1. The fourth-order valence-corrected chi connectivity index (χ4v) is 4.27. The monoisotopic (exact) mass is 395 g/mol. The molecule has 0 radical (unpaired) electrons. The molecule has 29 heavy (non-hydrogen) atoms. The van der Waals surface area contributed by atoms with Gasteiger partial charge < -0.3 is 15.5 Å². The summed E-state index contributed by atoms with van der Waals surface area (Å²) in [5.74, 6) is 1.17. The number of rotatable bonds is 6. The highest BCUT2D eigenvalue weighted by molar-refractivity contribution is 5.90. The number of para-hydroxylation sites is 1. The first-order chi connectivity index (χ1) is 14.0. The number of anilines is 1. The molecule has 156 valence electrons. The fourth-order valence-electron chi connectivity index (χ4n) is 4.27. The predicted molar refractivity (Wildman–Crippen MR) is 117 cm³/mol. The van der Waals surface area contributed by atoms with E-state index in [2.05, 4.69) is 53.5 Å². The van der Waals surface area contributed by atoms with Gasteiger partial charge in [-0.2, -0.15) is 5.10 Å². The van der Waals surface area contributed by atoms with E-state index in [0.29, 0.717) is 0 Å². The minimum absolute atomic E-state index is 0.128. The molecule has 6 heteroatoms. The van der Waals surface area contributed by atoms with Crippen molar-refractivity contribution >= 4 is 11.7 Å². The molecule has 1 aromatic heterocycles. The zero-order valence-corrected chi connectivity index (χ0v) is 17.8. The van der Waals surface area contributed by atoms with Crippen LogP contribution in [0.2, 0.25) is 0 Å². The number of carbonyl (C=O) groups is 1. The maximum atomic E-state index is 12.7. The Hall–Kier alpha value is -2.34. The molecule has 2 fully saturated rings. The number of likely N-dealkylation sites (tertiary alicyclic amines) is 1. The highest BCUT2D eigenvalue weighted by atomic mass is 16.2. The topological polar surface area (TPSA) is 62.2 Å². The Balaban J connectivity index is 1.39. The van der Waals surface area contributed by atoms with Crippen LogP contribution in [0.1, 0.15) is 56.7 Å². The molecule has 2 amide bonds. The van der Waals surface area contributed by atoms with Gasteiger partial charge in [-0.25, -0.2) is 9.48 Å². The van der Waals surface area contributed by atoms with Gasteiger partial charge in [-0.05, 0) is 56.1 Å². The molecule has 2 heterocycles. The zero-order valence-electron chi connectivity index (χ0n) is 17.8. The third-order valence-electron chi connectivity index (χ3n) is 6.08. The molecule has 0 atom stereocenters. The molecule has 4 rings (SSSR count). The minimum Gasteiger partial charge on any atom is -0.335 e. The summed E-state index contributed by atoms with van der Waals surface area (Å²) in [6, 6.07) is 8.31. The first-order valence-corrected chi connectivity index (χ1v) is 10.9. The number of piperidine rings is 1. The summed E-state index contributed by atoms with van der Waals surface area (Å²) in [5.41, 5.74) is 4.01. The lowest BCUT2D eigenvalue weighted by Crippen LogP contribution is -2.46. The van der Waals surface area contributed by atoms with Gasteiger partial charge in [0.15, 0.2) is 0 Å². The van der Waals surface area contributed by atoms with E-state index in [1.165, 1.54) is 19.4 Å². The molecule has 2 N–H and O–H groups in total. The summed E-state index contributed by atoms with van der Waals surface area (Å²) in [6.45, 7) is 9.76. The molecule has 6 nitrogen and oxygen atoms in total. The first-order valence-electron chi connectivity index (χ1n) is 10.9. The Kier molecular flexibility index (Phi) is 5.90. The average molecular weight is 396 g/mol. The van der Waals surface area contributed by atoms with E-state index in [-0.39, 0.29) is 18.0 Å². The van der Waals surface area contributed by atoms with Crippen LogP contribution >= 0.6 is 0 Å². The van der Waals surface area contributed by atoms with Crippen LogP contribution in [0.5, 0.6) is 0 Å². The number of hydrogen-bond donors (Lipinski definition) is 2. The summed E-state index contributed by atoms with van der Waals surface area (Å²) in [4.78, 5) is 15.2. The molecule has 1 aromatic carbocycles. The van der Waals surface area contributed by atoms with Gasteiger partial charge in [0.25, 0.3) is 0 Å². The molecule has 1 aliphatic carbocycles. The number of aromatic nitrogens is 2. The Labute approximate surface area is 173 Å². The normalized spacial score (nSPS) is 18.2. The van der Waals surface area contributed by atoms with E-state index in [0.717, 1.165) is 54.5 Å². The Morgan fingerprint density at radius 3 is 2.55 bits per heavy atom. The van der Waals surface area contributed by atoms with Crippen molar-refractivity contribution < 1.29 is 4.79 Å². The van der Waals surface area contributed by atoms with Crippen molar-refractivity contribution in [2.24, 2.45) is 5.92 Å². The predicted octanol–water partition coefficient (Wildman–Crippen LogP) is 4.30. The number of carbonyl (C=O) groups excluding carboxylic acids is 1. The summed E-state index contributed by atoms with van der Waals surface area (Å²) < 4.78 is 1.95. The van der Waals surface area contributed by atoms with Crippen LogP contribution in [0.25, 0.3) is 5.69 Å². The van der Waals surface area contributed by atoms with Crippen molar-refractivity contribution in [3.8, 4) is 5.69 Å². The summed E-state index contributed by atoms with van der Waals surface area (Å²) >= 11 is 0. The van der Waals surface area contributed by atoms with Gasteiger partial charge in [0.05, 0.1) is 23.3 Å². The van der Waals surface area contributed by atoms with Crippen LogP contribution in [0.3, 0.4) is 0 Å². The van der Waals surface area contributed by atoms with Gasteiger partial charge in [-0.3, -0.25) is 0 Å². The fraction of sp³-hybridized carbons (Fsp3) is 0.565. The van der Waals surface area contributed by atoms with Crippen LogP contribution < -0.4 is 10.6 Å². The third kappa shape index (κ3) is 4.81. The molecular formula is C23H33N5O. The number of nitrogens with zero attached hydrogens (tertiary/aromatic N) is 3. The van der Waals surface area contributed by atoms with Crippen molar-refractivity contribution in [3.05, 3.63) is 41.7 Å². The Morgan fingerprint density at radius 1 is 1.17 bits per heavy atom. The molecule has 1 saturated heterocycles. The number of aryl methyl sites for hydroxylation is 1. The largest absolute Gasteiger partial charge is 0.335 e. The minimum atomic E-state index is -0.128. The smallest absolute Gasteiger partial charge is 0.319 e. The summed E-state index contributed by atoms with van der Waals surface area (Å²) in [7, 11) is 0. The molecule has 0 bridgehead atoms. The van der Waals surface area contributed by atoms with E-state index in [9.17, 15) is 4.79 Å². The molecule has 2 aliphatic rings. The van der Waals surface area contributed by atoms with Gasteiger partial charge in [-0.15, -0.1) is 0 Å². The summed E-state index contributed by atoms with van der Waals surface area (Å²) in [6.07, 6.45) is 6.61. The van der Waals surface area contributed by atoms with E-state index in [1.807, 2.05) is 16.8 Å². The number of nitrogens with one attached hydrogen (secondary N) is 2. The van der Waals surface area contributed by atoms with E-state index >= 15 is 0 Å². The Bertz CT molecular complexity index is 847. The number of amides is 2. The molecule has 1 saturated carbocycles. The quantitative estimate of drug-likeness (QED) is 0.767. The SMILES string of the molecule is Cc1ccccc1-n1ncc(NC(=O)NC2CCN(CC3CC3)CC2)c1C(C)C. The lowest BCUT2D eigenvalue weighted by Gasteiger charge is -2.32. The lowest BCUT2D eigenvalue weighted by molar-refractivity contribution is 0.190. The van der Waals surface area contributed by atoms with E-state index in [1.54, 1.807) is 6.20 Å². The molecule has 2 aromatic rings. The van der Waals surface area contributed by atoms with Crippen LogP contribution in [-0.2, 0) is 0 Å². The maximum Gasteiger partial charge on any atom is 0.319 e. The second-order valence-electron chi connectivity index (χ2n) is 8.91. The highest BCUT2D eigenvalue weighted by Gasteiger charge is 2.27. The zero-order chi connectivity index (χ0) is 20.4. The molecule has 0 spiro atoms. The van der Waals surface area contributed by atoms with Crippen LogP contribution in [0, 0.1) is 12.8 Å². The standard InChI is InChI=1S/C23H33N5O/c1-16(2)22-20(14-24-28(22)21-7-5-4-6-17(21)3)26-23(29)25-19-10-12-27(13-11-19)15-18-8-9-18/h4-7,14,16,18-19H,8-13,15H2,1-3H3,(H2,25,26,29). The third-order valence-corrected chi connectivity index (χ3v) is 6.08. The number of urea groups is 1. The Morgan fingerprint density at radius 2 is 1.90 bits per heavy atom. The van der Waals surface area contributed by atoms with Crippen LogP contribution in [0.4, 0.5) is 10.5 Å². The molecule has 1 aliphatic heterocycles. The van der Waals surface area contributed by atoms with E-state index in [4.69, 9.17) is 0 Å². The van der Waals surface area contributed by atoms with Crippen molar-refractivity contribution in [3.63, 3.8) is 0 Å². The van der Waals surface area contributed by atoms with Gasteiger partial charge in [0.2, 0.25) is 0 Å². The van der Waals surface area contributed by atoms with Gasteiger partial charge >= 0.3 is 6.03 Å². The second-order valence-corrected chi connectivity index (χ2v) is 8.91. The van der Waals surface area contributed by atoms with Crippen molar-refractivity contribution in [2.75, 3.05) is 25.0 Å². The average Bonchev–Trinajstić information content (AvgIpc) is 3.41. The second kappa shape index (κ2) is 8.57. The molecular weight excluding hydrogens is 362 g/mol. The maximum absolute atomic E-state index is 12.7. The number of hydrogen-bond acceptors (Lipinski definition) is 3. The van der Waals surface area contributed by atoms with Gasteiger partial charge in [-0.1, -0.05) is 32.0 Å². The van der Waals surface area contributed by atoms with Crippen LogP contribution in [0.15, 0.2) is 30.5 Å². The molecule has 0 unspecified atom stereocenters. The van der Waals surface area contributed by atoms with E-state index < -0.39 is 0 Å². The van der Waals surface area contributed by atoms with Crippen molar-refractivity contribution in [1.82, 2.24) is 20.0 Å². The highest BCUT2D eigenvalue weighted by Crippen LogP contribution is 2.31. The summed E-state index contributed by atoms with van der Waals surface area (Å²) in [5, 5.41) is 10.8.